The zero-order valence-electron chi connectivity index (χ0n) is 34.1. The van der Waals surface area contributed by atoms with Gasteiger partial charge in [0.05, 0.1) is 19.6 Å². The minimum Gasteiger partial charge on any atom is -0.493 e. The first-order chi connectivity index (χ1) is 24.0. The molecule has 0 heterocycles. The second-order valence-corrected chi connectivity index (χ2v) is 19.5. The van der Waals surface area contributed by atoms with Crippen LogP contribution in [0.4, 0.5) is 0 Å². The summed E-state index contributed by atoms with van der Waals surface area (Å²) in [5, 5.41) is 3.55. The lowest BCUT2D eigenvalue weighted by molar-refractivity contribution is -0.283. The molecule has 286 valence electrons. The van der Waals surface area contributed by atoms with E-state index < -0.39 is 0 Å². The summed E-state index contributed by atoms with van der Waals surface area (Å²) in [7, 11) is 3.35. The highest BCUT2D eigenvalue weighted by Crippen LogP contribution is 2.82. The topological polar surface area (TPSA) is 73.9 Å². The number of ether oxygens (including phenoxy) is 3. The van der Waals surface area contributed by atoms with Crippen molar-refractivity contribution in [3.63, 3.8) is 0 Å². The Bertz CT molecular complexity index is 1470. The Hall–Kier alpha value is -2.24. The average molecular weight is 706 g/mol. The normalized spacial score (nSPS) is 41.1. The van der Waals surface area contributed by atoms with Gasteiger partial charge < -0.3 is 19.5 Å². The summed E-state index contributed by atoms with van der Waals surface area (Å²) in [6, 6.07) is 6.14. The quantitative estimate of drug-likeness (QED) is 0.194. The number of nitrogens with one attached hydrogen (secondary N) is 1. The van der Waals surface area contributed by atoms with E-state index >= 15 is 0 Å². The minimum atomic E-state index is -0.276. The first-order valence-electron chi connectivity index (χ1n) is 20.7. The van der Waals surface area contributed by atoms with Crippen molar-refractivity contribution in [1.82, 2.24) is 5.32 Å². The van der Waals surface area contributed by atoms with Gasteiger partial charge in [-0.3, -0.25) is 9.59 Å². The number of amides is 1. The van der Waals surface area contributed by atoms with Gasteiger partial charge in [0, 0.05) is 18.9 Å². The standard InChI is InChI=1S/C45H71NO5/c1-12-45-24-19-36-41(7)21-20-37(51-30(4)47)40(5,6)35(41)18-22-42(36,8)43(45,9)25-26-44(23-17-32(29(2)3)38(44)45)39(48)46-27-13-14-31-15-16-33(49-10)34(28-31)50-11/h15-16,28-29,32,35-38H,12-14,17-27H2,1-11H3,(H,46,48)/t32?,35?,36?,37-,38?,41-,42+,43-,44-,45+/m0/s1. The third-order valence-corrected chi connectivity index (χ3v) is 17.5. The fourth-order valence-corrected chi connectivity index (χ4v) is 15.0. The molecule has 5 saturated carbocycles. The van der Waals surface area contributed by atoms with Crippen LogP contribution < -0.4 is 14.8 Å². The van der Waals surface area contributed by atoms with E-state index in [-0.39, 0.29) is 44.6 Å². The molecule has 1 aromatic rings. The van der Waals surface area contributed by atoms with E-state index in [9.17, 15) is 9.59 Å². The van der Waals surface area contributed by atoms with E-state index in [1.165, 1.54) is 37.7 Å². The summed E-state index contributed by atoms with van der Waals surface area (Å²) in [6.45, 7) is 22.4. The molecule has 0 saturated heterocycles. The third kappa shape index (κ3) is 5.59. The summed E-state index contributed by atoms with van der Waals surface area (Å²) in [5.41, 5.74) is 1.64. The summed E-state index contributed by atoms with van der Waals surface area (Å²) in [6.07, 6.45) is 14.4. The Morgan fingerprint density at radius 1 is 0.863 bits per heavy atom. The molecule has 0 spiro atoms. The second-order valence-electron chi connectivity index (χ2n) is 19.5. The molecular formula is C45H71NO5. The van der Waals surface area contributed by atoms with Gasteiger partial charge in [0.25, 0.3) is 0 Å². The van der Waals surface area contributed by atoms with Crippen LogP contribution in [0.3, 0.4) is 0 Å². The first-order valence-corrected chi connectivity index (χ1v) is 20.7. The number of carbonyl (C=O) groups excluding carboxylic acids is 2. The number of hydrogen-bond acceptors (Lipinski definition) is 5. The number of rotatable bonds is 10. The van der Waals surface area contributed by atoms with Crippen molar-refractivity contribution < 1.29 is 23.8 Å². The molecule has 6 heteroatoms. The van der Waals surface area contributed by atoms with Crippen LogP contribution in [0.25, 0.3) is 0 Å². The van der Waals surface area contributed by atoms with Crippen LogP contribution in [0.5, 0.6) is 11.5 Å². The third-order valence-electron chi connectivity index (χ3n) is 17.5. The molecule has 6 rings (SSSR count). The van der Waals surface area contributed by atoms with Gasteiger partial charge in [-0.2, -0.15) is 0 Å². The number of fused-ring (bicyclic) bond motifs is 7. The van der Waals surface area contributed by atoms with Crippen molar-refractivity contribution in [3.05, 3.63) is 23.8 Å². The molecule has 0 bridgehead atoms. The van der Waals surface area contributed by atoms with Gasteiger partial charge in [0.1, 0.15) is 6.10 Å². The van der Waals surface area contributed by atoms with Crippen LogP contribution in [0, 0.1) is 62.1 Å². The van der Waals surface area contributed by atoms with Crippen molar-refractivity contribution in [1.29, 1.82) is 0 Å². The fourth-order valence-electron chi connectivity index (χ4n) is 15.0. The van der Waals surface area contributed by atoms with Crippen LogP contribution in [0.15, 0.2) is 18.2 Å². The van der Waals surface area contributed by atoms with Crippen LogP contribution in [0.1, 0.15) is 145 Å². The molecule has 6 nitrogen and oxygen atoms in total. The molecule has 4 unspecified atom stereocenters. The molecule has 5 fully saturated rings. The SMILES string of the molecule is CC[C@]12CCC3[C@@]4(C)CC[C@H](OC(C)=O)C(C)(C)C4CC[C@@]3(C)[C@]1(C)CC[C@@]1(C(=O)NCCCc3ccc(OC)c(OC)c3)CCC(C(C)C)C12. The largest absolute Gasteiger partial charge is 0.493 e. The van der Waals surface area contributed by atoms with Crippen LogP contribution in [0.2, 0.25) is 0 Å². The number of benzene rings is 1. The summed E-state index contributed by atoms with van der Waals surface area (Å²) in [5.74, 6) is 4.44. The molecule has 5 aliphatic carbocycles. The molecular weight excluding hydrogens is 634 g/mol. The van der Waals surface area contributed by atoms with Gasteiger partial charge in [0.2, 0.25) is 5.91 Å². The van der Waals surface area contributed by atoms with E-state index in [1.807, 2.05) is 6.07 Å². The van der Waals surface area contributed by atoms with Crippen molar-refractivity contribution in [2.24, 2.45) is 62.1 Å². The van der Waals surface area contributed by atoms with Gasteiger partial charge in [-0.05, 0) is 152 Å². The smallest absolute Gasteiger partial charge is 0.302 e. The molecule has 1 aromatic carbocycles. The number of esters is 1. The van der Waals surface area contributed by atoms with E-state index in [1.54, 1.807) is 21.1 Å². The van der Waals surface area contributed by atoms with Crippen LogP contribution >= 0.6 is 0 Å². The van der Waals surface area contributed by atoms with Gasteiger partial charge in [0.15, 0.2) is 11.5 Å². The highest BCUT2D eigenvalue weighted by atomic mass is 16.5. The molecule has 0 aliphatic heterocycles. The van der Waals surface area contributed by atoms with Crippen molar-refractivity contribution in [2.75, 3.05) is 20.8 Å². The Balaban J connectivity index is 1.27. The maximum Gasteiger partial charge on any atom is 0.302 e. The summed E-state index contributed by atoms with van der Waals surface area (Å²) >= 11 is 0. The second kappa shape index (κ2) is 13.6. The van der Waals surface area contributed by atoms with E-state index in [0.717, 1.165) is 62.9 Å². The lowest BCUT2D eigenvalue weighted by Gasteiger charge is -2.76. The first kappa shape index (κ1) is 38.5. The lowest BCUT2D eigenvalue weighted by Crippen LogP contribution is -2.71. The van der Waals surface area contributed by atoms with Crippen LogP contribution in [-0.4, -0.2) is 38.7 Å². The molecule has 10 atom stereocenters. The Morgan fingerprint density at radius 2 is 1.57 bits per heavy atom. The molecule has 1 amide bonds. The Labute approximate surface area is 310 Å². The molecule has 1 N–H and O–H groups in total. The highest BCUT2D eigenvalue weighted by Gasteiger charge is 2.76. The number of aryl methyl sites for hydroxylation is 1. The molecule has 51 heavy (non-hydrogen) atoms. The predicted octanol–water partition coefficient (Wildman–Crippen LogP) is 10.2. The van der Waals surface area contributed by atoms with Crippen molar-refractivity contribution in [2.45, 2.75) is 152 Å². The van der Waals surface area contributed by atoms with Gasteiger partial charge in [-0.25, -0.2) is 0 Å². The average Bonchev–Trinajstić information content (AvgIpc) is 3.50. The van der Waals surface area contributed by atoms with Crippen molar-refractivity contribution in [3.8, 4) is 11.5 Å². The van der Waals surface area contributed by atoms with E-state index in [0.29, 0.717) is 42.0 Å². The number of carbonyl (C=O) groups is 2. The molecule has 5 aliphatic rings. The van der Waals surface area contributed by atoms with E-state index in [4.69, 9.17) is 14.2 Å². The van der Waals surface area contributed by atoms with Gasteiger partial charge >= 0.3 is 5.97 Å². The Kier molecular flexibility index (Phi) is 10.2. The zero-order chi connectivity index (χ0) is 37.2. The predicted molar refractivity (Wildman–Crippen MR) is 205 cm³/mol. The monoisotopic (exact) mass is 706 g/mol. The molecule has 0 radical (unpaired) electrons. The summed E-state index contributed by atoms with van der Waals surface area (Å²) in [4.78, 5) is 26.9. The van der Waals surface area contributed by atoms with Crippen LogP contribution in [-0.2, 0) is 20.7 Å². The zero-order valence-corrected chi connectivity index (χ0v) is 34.1. The minimum absolute atomic E-state index is 0.00414. The van der Waals surface area contributed by atoms with Crippen molar-refractivity contribution >= 4 is 11.9 Å². The summed E-state index contributed by atoms with van der Waals surface area (Å²) < 4.78 is 17.0. The van der Waals surface area contributed by atoms with Gasteiger partial charge in [-0.1, -0.05) is 61.5 Å². The Morgan fingerprint density at radius 3 is 2.22 bits per heavy atom. The van der Waals surface area contributed by atoms with E-state index in [2.05, 4.69) is 72.8 Å². The number of methoxy groups -OCH3 is 2. The fraction of sp³-hybridized carbons (Fsp3) is 0.822. The molecule has 0 aromatic heterocycles. The van der Waals surface area contributed by atoms with Gasteiger partial charge in [-0.15, -0.1) is 0 Å². The highest BCUT2D eigenvalue weighted by molar-refractivity contribution is 5.84. The number of hydrogen-bond donors (Lipinski definition) is 1. The maximum absolute atomic E-state index is 14.8. The lowest BCUT2D eigenvalue weighted by atomic mass is 9.28. The maximum atomic E-state index is 14.8.